The van der Waals surface area contributed by atoms with Gasteiger partial charge in [-0.25, -0.2) is 14.6 Å². The highest BCUT2D eigenvalue weighted by Gasteiger charge is 2.24. The van der Waals surface area contributed by atoms with E-state index in [2.05, 4.69) is 25.5 Å². The number of hydrogen-bond donors (Lipinski definition) is 2. The van der Waals surface area contributed by atoms with E-state index in [0.717, 1.165) is 10.1 Å². The number of carbonyl (C=O) groups excluding carboxylic acids is 1. The topological polar surface area (TPSA) is 112 Å². The van der Waals surface area contributed by atoms with Crippen LogP contribution < -0.4 is 21.1 Å². The third kappa shape index (κ3) is 7.97. The number of alkyl halides is 2. The van der Waals surface area contributed by atoms with Crippen LogP contribution >= 0.6 is 0 Å². The first-order chi connectivity index (χ1) is 17.4. The van der Waals surface area contributed by atoms with E-state index in [1.54, 1.807) is 20.8 Å². The average molecular weight is 521 g/mol. The fraction of sp³-hybridized carbons (Fsp3) is 0.520. The third-order valence-corrected chi connectivity index (χ3v) is 5.31. The van der Waals surface area contributed by atoms with Gasteiger partial charge in [0.15, 0.2) is 5.65 Å². The molecule has 2 N–H and O–H groups in total. The Hall–Kier alpha value is -3.54. The molecule has 0 spiro atoms. The Morgan fingerprint density at radius 3 is 2.46 bits per heavy atom. The zero-order valence-corrected chi connectivity index (χ0v) is 21.7. The van der Waals surface area contributed by atoms with Gasteiger partial charge in [-0.15, -0.1) is 5.10 Å². The summed E-state index contributed by atoms with van der Waals surface area (Å²) in [4.78, 5) is 29.9. The molecule has 1 unspecified atom stereocenters. The monoisotopic (exact) mass is 520 g/mol. The number of amides is 1. The molecule has 37 heavy (non-hydrogen) atoms. The minimum atomic E-state index is -3.07. The summed E-state index contributed by atoms with van der Waals surface area (Å²) in [6.45, 7) is 7.42. The van der Waals surface area contributed by atoms with Gasteiger partial charge in [-0.05, 0) is 45.2 Å². The van der Waals surface area contributed by atoms with Gasteiger partial charge in [0, 0.05) is 12.6 Å². The summed E-state index contributed by atoms with van der Waals surface area (Å²) in [6.07, 6.45) is 0.117. The maximum absolute atomic E-state index is 13.4. The lowest BCUT2D eigenvalue weighted by Crippen LogP contribution is -2.38. The lowest BCUT2D eigenvalue weighted by atomic mass is 10.0. The summed E-state index contributed by atoms with van der Waals surface area (Å²) in [5.41, 5.74) is -0.121. The van der Waals surface area contributed by atoms with Gasteiger partial charge >= 0.3 is 18.4 Å². The highest BCUT2D eigenvalue weighted by Crippen LogP contribution is 2.22. The molecule has 202 valence electrons. The zero-order valence-electron chi connectivity index (χ0n) is 21.7. The van der Waals surface area contributed by atoms with Crippen molar-refractivity contribution in [1.82, 2.24) is 29.8 Å². The molecule has 0 fully saturated rings. The van der Waals surface area contributed by atoms with E-state index in [0.29, 0.717) is 25.3 Å². The number of carbonyl (C=O) groups is 1. The van der Waals surface area contributed by atoms with Crippen LogP contribution in [0.1, 0.15) is 58.5 Å². The summed E-state index contributed by atoms with van der Waals surface area (Å²) in [5.74, 6) is 0.0835. The van der Waals surface area contributed by atoms with E-state index < -0.39 is 24.0 Å². The highest BCUT2D eigenvalue weighted by atomic mass is 19.3. The number of benzene rings is 1. The Morgan fingerprint density at radius 2 is 1.84 bits per heavy atom. The molecule has 2 heterocycles. The average Bonchev–Trinajstić information content (AvgIpc) is 3.19. The molecule has 12 heteroatoms. The first-order valence-electron chi connectivity index (χ1n) is 12.1. The third-order valence-electron chi connectivity index (χ3n) is 5.31. The molecular weight excluding hydrogens is 486 g/mol. The van der Waals surface area contributed by atoms with E-state index in [1.807, 2.05) is 44.2 Å². The van der Waals surface area contributed by atoms with Crippen molar-refractivity contribution >= 4 is 11.7 Å². The zero-order chi connectivity index (χ0) is 27.2. The van der Waals surface area contributed by atoms with Crippen molar-refractivity contribution in [3.8, 4) is 5.88 Å². The Labute approximate surface area is 214 Å². The maximum atomic E-state index is 13.4. The molecule has 0 saturated heterocycles. The number of ether oxygens (including phenoxy) is 2. The quantitative estimate of drug-likeness (QED) is 0.371. The number of hydrogen-bond acceptors (Lipinski definition) is 7. The number of alkyl carbamates (subject to hydrolysis) is 1. The standard InChI is InChI=1S/C25H34F2N6O4/c1-16(2)20(28-12-9-13-29-23(34)37-25(3,4)5)21-30-18-14-19(36-22(26)27)31-33(18)24(35)32(21)15-17-10-7-6-8-11-17/h6-8,10-11,14,16,20,22,28H,9,12-13,15H2,1-5H3,(H,29,34). The number of aromatic nitrogens is 4. The second-order valence-electron chi connectivity index (χ2n) is 9.91. The lowest BCUT2D eigenvalue weighted by Gasteiger charge is -2.25. The van der Waals surface area contributed by atoms with E-state index in [4.69, 9.17) is 4.74 Å². The van der Waals surface area contributed by atoms with Crippen molar-refractivity contribution < 1.29 is 23.0 Å². The van der Waals surface area contributed by atoms with Gasteiger partial charge in [0.25, 0.3) is 0 Å². The van der Waals surface area contributed by atoms with Crippen molar-refractivity contribution in [3.05, 3.63) is 58.3 Å². The number of nitrogens with one attached hydrogen (secondary N) is 2. The van der Waals surface area contributed by atoms with Gasteiger partial charge in [-0.2, -0.15) is 13.3 Å². The first kappa shape index (κ1) is 28.0. The number of rotatable bonds is 11. The molecule has 10 nitrogen and oxygen atoms in total. The summed E-state index contributed by atoms with van der Waals surface area (Å²) in [5, 5.41) is 10.0. The van der Waals surface area contributed by atoms with Crippen LogP contribution in [0.4, 0.5) is 13.6 Å². The van der Waals surface area contributed by atoms with Crippen LogP contribution in [0.15, 0.2) is 41.2 Å². The highest BCUT2D eigenvalue weighted by molar-refractivity contribution is 5.67. The van der Waals surface area contributed by atoms with Crippen molar-refractivity contribution in [2.45, 2.75) is 65.8 Å². The SMILES string of the molecule is CC(C)C(NCCCNC(=O)OC(C)(C)C)c1nc2cc(OC(F)F)nn2c(=O)n1Cc1ccccc1. The molecule has 1 atom stereocenters. The van der Waals surface area contributed by atoms with E-state index >= 15 is 0 Å². The van der Waals surface area contributed by atoms with Crippen molar-refractivity contribution in [2.75, 3.05) is 13.1 Å². The van der Waals surface area contributed by atoms with Gasteiger partial charge in [0.1, 0.15) is 11.4 Å². The predicted molar refractivity (Wildman–Crippen MR) is 134 cm³/mol. The number of fused-ring (bicyclic) bond motifs is 1. The van der Waals surface area contributed by atoms with Crippen LogP contribution in [0.3, 0.4) is 0 Å². The molecule has 0 bridgehead atoms. The summed E-state index contributed by atoms with van der Waals surface area (Å²) < 4.78 is 37.6. The van der Waals surface area contributed by atoms with Crippen molar-refractivity contribution in [1.29, 1.82) is 0 Å². The Balaban J connectivity index is 1.85. The Kier molecular flexibility index (Phi) is 9.19. The first-order valence-corrected chi connectivity index (χ1v) is 12.1. The van der Waals surface area contributed by atoms with Gasteiger partial charge in [0.05, 0.1) is 12.6 Å². The smallest absolute Gasteiger partial charge is 0.407 e. The van der Waals surface area contributed by atoms with Crippen LogP contribution in [-0.2, 0) is 11.3 Å². The van der Waals surface area contributed by atoms with Crippen LogP contribution in [0.5, 0.6) is 5.88 Å². The van der Waals surface area contributed by atoms with Crippen LogP contribution in [-0.4, -0.2) is 50.6 Å². The van der Waals surface area contributed by atoms with Crippen LogP contribution in [0, 0.1) is 5.92 Å². The molecule has 3 rings (SSSR count). The fourth-order valence-corrected chi connectivity index (χ4v) is 3.74. The molecular formula is C25H34F2N6O4. The number of halogens is 2. The molecule has 1 amide bonds. The number of nitrogens with zero attached hydrogens (tertiary/aromatic N) is 4. The molecule has 0 radical (unpaired) electrons. The van der Waals surface area contributed by atoms with Gasteiger partial charge in [-0.1, -0.05) is 44.2 Å². The fourth-order valence-electron chi connectivity index (χ4n) is 3.74. The van der Waals surface area contributed by atoms with E-state index in [-0.39, 0.29) is 30.0 Å². The summed E-state index contributed by atoms with van der Waals surface area (Å²) >= 11 is 0. The van der Waals surface area contributed by atoms with Crippen LogP contribution in [0.25, 0.3) is 5.65 Å². The molecule has 0 saturated carbocycles. The molecule has 0 aliphatic heterocycles. The predicted octanol–water partition coefficient (Wildman–Crippen LogP) is 3.74. The molecule has 1 aromatic carbocycles. The minimum absolute atomic E-state index is 0.0231. The van der Waals surface area contributed by atoms with Gasteiger partial charge < -0.3 is 20.1 Å². The van der Waals surface area contributed by atoms with Gasteiger partial charge in [-0.3, -0.25) is 4.57 Å². The van der Waals surface area contributed by atoms with Crippen molar-refractivity contribution in [2.24, 2.45) is 5.92 Å². The second kappa shape index (κ2) is 12.1. The van der Waals surface area contributed by atoms with E-state index in [1.165, 1.54) is 10.6 Å². The van der Waals surface area contributed by atoms with E-state index in [9.17, 15) is 18.4 Å². The second-order valence-corrected chi connectivity index (χ2v) is 9.91. The molecule has 2 aromatic heterocycles. The Morgan fingerprint density at radius 1 is 1.14 bits per heavy atom. The largest absolute Gasteiger partial charge is 0.444 e. The maximum Gasteiger partial charge on any atom is 0.407 e. The lowest BCUT2D eigenvalue weighted by molar-refractivity contribution is -0.0530. The summed E-state index contributed by atoms with van der Waals surface area (Å²) in [6, 6.07) is 10.2. The molecule has 3 aromatic rings. The summed E-state index contributed by atoms with van der Waals surface area (Å²) in [7, 11) is 0. The normalized spacial score (nSPS) is 12.8. The Bertz CT molecular complexity index is 1240. The minimum Gasteiger partial charge on any atom is -0.444 e. The molecule has 0 aliphatic carbocycles. The molecule has 0 aliphatic rings. The van der Waals surface area contributed by atoms with Crippen molar-refractivity contribution in [3.63, 3.8) is 0 Å². The van der Waals surface area contributed by atoms with Gasteiger partial charge in [0.2, 0.25) is 5.88 Å². The van der Waals surface area contributed by atoms with Crippen LogP contribution in [0.2, 0.25) is 0 Å².